The quantitative estimate of drug-likeness (QED) is 0.730. The second-order valence-electron chi connectivity index (χ2n) is 4.67. The summed E-state index contributed by atoms with van der Waals surface area (Å²) >= 11 is 0. The Kier molecular flexibility index (Phi) is 3.42. The number of rotatable bonds is 3. The van der Waals surface area contributed by atoms with Gasteiger partial charge in [0.05, 0.1) is 12.7 Å². The highest BCUT2D eigenvalue weighted by atomic mass is 16.5. The number of hydrogen-bond acceptors (Lipinski definition) is 3. The molecule has 1 saturated heterocycles. The molecular formula is C11H22N2O. The minimum atomic E-state index is 0.387. The highest BCUT2D eigenvalue weighted by molar-refractivity contribution is 4.87. The zero-order chi connectivity index (χ0) is 9.97. The summed E-state index contributed by atoms with van der Waals surface area (Å²) in [6, 6.07) is 0.620. The number of nitrogens with zero attached hydrogens (tertiary/aromatic N) is 1. The topological polar surface area (TPSA) is 38.5 Å². The molecule has 2 atom stereocenters. The van der Waals surface area contributed by atoms with Crippen LogP contribution in [0.25, 0.3) is 0 Å². The lowest BCUT2D eigenvalue weighted by Crippen LogP contribution is -2.53. The molecule has 0 radical (unpaired) electrons. The van der Waals surface area contributed by atoms with Crippen molar-refractivity contribution in [1.82, 2.24) is 4.90 Å². The van der Waals surface area contributed by atoms with Crippen LogP contribution in [0.5, 0.6) is 0 Å². The van der Waals surface area contributed by atoms with Gasteiger partial charge in [0, 0.05) is 25.7 Å². The van der Waals surface area contributed by atoms with Gasteiger partial charge in [-0.3, -0.25) is 4.90 Å². The zero-order valence-electron chi connectivity index (χ0n) is 9.11. The van der Waals surface area contributed by atoms with Crippen LogP contribution in [-0.4, -0.2) is 43.3 Å². The molecule has 14 heavy (non-hydrogen) atoms. The third-order valence-corrected chi connectivity index (χ3v) is 3.68. The summed E-state index contributed by atoms with van der Waals surface area (Å²) in [7, 11) is 0. The second-order valence-corrected chi connectivity index (χ2v) is 4.67. The largest absolute Gasteiger partial charge is 0.376 e. The Bertz CT molecular complexity index is 182. The summed E-state index contributed by atoms with van der Waals surface area (Å²) in [5.41, 5.74) is 5.88. The van der Waals surface area contributed by atoms with E-state index < -0.39 is 0 Å². The second kappa shape index (κ2) is 4.60. The first-order valence-electron chi connectivity index (χ1n) is 5.87. The maximum Gasteiger partial charge on any atom is 0.0674 e. The predicted octanol–water partition coefficient (Wildman–Crippen LogP) is 0.834. The Morgan fingerprint density at radius 1 is 1.50 bits per heavy atom. The first-order valence-corrected chi connectivity index (χ1v) is 5.87. The minimum Gasteiger partial charge on any atom is -0.376 e. The Morgan fingerprint density at radius 3 is 2.79 bits per heavy atom. The molecule has 82 valence electrons. The van der Waals surface area contributed by atoms with Crippen LogP contribution in [0.4, 0.5) is 0 Å². The van der Waals surface area contributed by atoms with Crippen LogP contribution in [0.1, 0.15) is 26.2 Å². The molecule has 0 aromatic carbocycles. The molecule has 3 heteroatoms. The van der Waals surface area contributed by atoms with Crippen LogP contribution in [0.15, 0.2) is 0 Å². The van der Waals surface area contributed by atoms with Gasteiger partial charge >= 0.3 is 0 Å². The van der Waals surface area contributed by atoms with Crippen molar-refractivity contribution in [3.05, 3.63) is 0 Å². The van der Waals surface area contributed by atoms with Gasteiger partial charge in [0.2, 0.25) is 0 Å². The van der Waals surface area contributed by atoms with Crippen molar-refractivity contribution < 1.29 is 4.74 Å². The van der Waals surface area contributed by atoms with Gasteiger partial charge in [-0.15, -0.1) is 0 Å². The number of hydrogen-bond donors (Lipinski definition) is 1. The number of ether oxygens (including phenoxy) is 1. The molecule has 2 fully saturated rings. The molecule has 1 heterocycles. The van der Waals surface area contributed by atoms with Crippen LogP contribution in [0, 0.1) is 5.92 Å². The van der Waals surface area contributed by atoms with Crippen LogP contribution >= 0.6 is 0 Å². The average molecular weight is 198 g/mol. The van der Waals surface area contributed by atoms with Crippen molar-refractivity contribution in [3.63, 3.8) is 0 Å². The van der Waals surface area contributed by atoms with Crippen molar-refractivity contribution in [3.8, 4) is 0 Å². The summed E-state index contributed by atoms with van der Waals surface area (Å²) < 4.78 is 5.55. The normalized spacial score (nSPS) is 32.6. The lowest BCUT2D eigenvalue weighted by atomic mass is 9.79. The summed E-state index contributed by atoms with van der Waals surface area (Å²) in [5, 5.41) is 0. The lowest BCUT2D eigenvalue weighted by molar-refractivity contribution is -0.0484. The van der Waals surface area contributed by atoms with Gasteiger partial charge < -0.3 is 10.5 Å². The SMILES string of the molecule is CC1CN(C(CN)C2CCC2)CCO1. The lowest BCUT2D eigenvalue weighted by Gasteiger charge is -2.43. The van der Waals surface area contributed by atoms with Gasteiger partial charge in [-0.25, -0.2) is 0 Å². The van der Waals surface area contributed by atoms with Crippen molar-refractivity contribution in [2.45, 2.75) is 38.3 Å². The van der Waals surface area contributed by atoms with Crippen molar-refractivity contribution >= 4 is 0 Å². The highest BCUT2D eigenvalue weighted by Gasteiger charge is 2.32. The fraction of sp³-hybridized carbons (Fsp3) is 1.00. The molecule has 3 nitrogen and oxygen atoms in total. The standard InChI is InChI=1S/C11H22N2O/c1-9-8-13(5-6-14-9)11(7-12)10-3-2-4-10/h9-11H,2-8,12H2,1H3. The summed E-state index contributed by atoms with van der Waals surface area (Å²) in [4.78, 5) is 2.54. The van der Waals surface area contributed by atoms with Gasteiger partial charge in [0.25, 0.3) is 0 Å². The molecule has 1 aliphatic heterocycles. The predicted molar refractivity (Wildman–Crippen MR) is 57.2 cm³/mol. The fourth-order valence-electron chi connectivity index (χ4n) is 2.61. The maximum atomic E-state index is 5.88. The molecule has 2 aliphatic rings. The summed E-state index contributed by atoms with van der Waals surface area (Å²) in [6.07, 6.45) is 4.56. The highest BCUT2D eigenvalue weighted by Crippen LogP contribution is 2.32. The van der Waals surface area contributed by atoms with Crippen LogP contribution in [-0.2, 0) is 4.74 Å². The van der Waals surface area contributed by atoms with E-state index in [1.165, 1.54) is 19.3 Å². The third-order valence-electron chi connectivity index (χ3n) is 3.68. The van der Waals surface area contributed by atoms with E-state index in [1.54, 1.807) is 0 Å². The first kappa shape index (κ1) is 10.4. The van der Waals surface area contributed by atoms with Gasteiger partial charge in [-0.2, -0.15) is 0 Å². The molecule has 0 spiro atoms. The number of morpholine rings is 1. The zero-order valence-corrected chi connectivity index (χ0v) is 9.11. The molecule has 1 saturated carbocycles. The summed E-state index contributed by atoms with van der Waals surface area (Å²) in [5.74, 6) is 0.866. The number of nitrogens with two attached hydrogens (primary N) is 1. The molecule has 1 aliphatic carbocycles. The van der Waals surface area contributed by atoms with Gasteiger partial charge in [-0.05, 0) is 25.7 Å². The Labute approximate surface area is 86.6 Å². The van der Waals surface area contributed by atoms with Crippen LogP contribution < -0.4 is 5.73 Å². The van der Waals surface area contributed by atoms with Crippen molar-refractivity contribution in [1.29, 1.82) is 0 Å². The smallest absolute Gasteiger partial charge is 0.0674 e. The molecule has 0 amide bonds. The molecule has 2 rings (SSSR count). The van der Waals surface area contributed by atoms with E-state index in [9.17, 15) is 0 Å². The molecular weight excluding hydrogens is 176 g/mol. The minimum absolute atomic E-state index is 0.387. The van der Waals surface area contributed by atoms with Crippen LogP contribution in [0.2, 0.25) is 0 Å². The molecule has 2 unspecified atom stereocenters. The summed E-state index contributed by atoms with van der Waals surface area (Å²) in [6.45, 7) is 5.99. The third kappa shape index (κ3) is 2.10. The van der Waals surface area contributed by atoms with Gasteiger partial charge in [0.1, 0.15) is 0 Å². The van der Waals surface area contributed by atoms with Gasteiger partial charge in [-0.1, -0.05) is 6.42 Å². The van der Waals surface area contributed by atoms with E-state index in [1.807, 2.05) is 0 Å². The monoisotopic (exact) mass is 198 g/mol. The molecule has 2 N–H and O–H groups in total. The van der Waals surface area contributed by atoms with E-state index in [0.717, 1.165) is 32.2 Å². The van der Waals surface area contributed by atoms with E-state index in [-0.39, 0.29) is 0 Å². The van der Waals surface area contributed by atoms with E-state index >= 15 is 0 Å². The average Bonchev–Trinajstić information content (AvgIpc) is 2.10. The molecule has 0 aromatic rings. The van der Waals surface area contributed by atoms with Crippen LogP contribution in [0.3, 0.4) is 0 Å². The molecule has 0 aromatic heterocycles. The maximum absolute atomic E-state index is 5.88. The first-order chi connectivity index (χ1) is 6.81. The van der Waals surface area contributed by atoms with Crippen molar-refractivity contribution in [2.75, 3.05) is 26.2 Å². The van der Waals surface area contributed by atoms with E-state index in [2.05, 4.69) is 11.8 Å². The van der Waals surface area contributed by atoms with Gasteiger partial charge in [0.15, 0.2) is 0 Å². The van der Waals surface area contributed by atoms with E-state index in [4.69, 9.17) is 10.5 Å². The van der Waals surface area contributed by atoms with E-state index in [0.29, 0.717) is 12.1 Å². The fourth-order valence-corrected chi connectivity index (χ4v) is 2.61. The Morgan fingerprint density at radius 2 is 2.29 bits per heavy atom. The molecule has 0 bridgehead atoms. The Balaban J connectivity index is 1.89. The Hall–Kier alpha value is -0.120. The van der Waals surface area contributed by atoms with Crippen molar-refractivity contribution in [2.24, 2.45) is 11.7 Å².